The zero-order valence-electron chi connectivity index (χ0n) is 19.3. The van der Waals surface area contributed by atoms with Crippen LogP contribution >= 0.6 is 0 Å². The monoisotopic (exact) mass is 410 g/mol. The maximum Gasteiger partial charge on any atom is -0.00302 e. The van der Waals surface area contributed by atoms with Gasteiger partial charge < -0.3 is 0 Å². The summed E-state index contributed by atoms with van der Waals surface area (Å²) >= 11 is 0. The molecule has 8 aliphatic rings. The van der Waals surface area contributed by atoms with E-state index in [2.05, 4.69) is 37.3 Å². The highest BCUT2D eigenvalue weighted by Gasteiger charge is 2.55. The van der Waals surface area contributed by atoms with E-state index in [9.17, 15) is 0 Å². The van der Waals surface area contributed by atoms with Crippen LogP contribution in [0.1, 0.15) is 93.7 Å². The first-order valence-electron chi connectivity index (χ1n) is 13.6. The molecule has 0 heterocycles. The van der Waals surface area contributed by atoms with E-state index < -0.39 is 0 Å². The molecule has 31 heavy (non-hydrogen) atoms. The van der Waals surface area contributed by atoms with Gasteiger partial charge in [-0.2, -0.15) is 0 Å². The van der Waals surface area contributed by atoms with Gasteiger partial charge in [-0.25, -0.2) is 0 Å². The summed E-state index contributed by atoms with van der Waals surface area (Å²) < 4.78 is 0. The first-order chi connectivity index (χ1) is 15.1. The number of hydrogen-bond donors (Lipinski definition) is 0. The van der Waals surface area contributed by atoms with Gasteiger partial charge in [-0.15, -0.1) is 0 Å². The fourth-order valence-electron chi connectivity index (χ4n) is 11.5. The van der Waals surface area contributed by atoms with E-state index in [-0.39, 0.29) is 0 Å². The second-order valence-corrected chi connectivity index (χ2v) is 13.5. The maximum absolute atomic E-state index is 2.70. The fraction of sp³-hybridized carbons (Fsp3) is 0.677. The highest BCUT2D eigenvalue weighted by atomic mass is 14.6. The van der Waals surface area contributed by atoms with Gasteiger partial charge in [0.05, 0.1) is 0 Å². The fourth-order valence-corrected chi connectivity index (χ4v) is 11.5. The maximum atomic E-state index is 2.70. The average molecular weight is 411 g/mol. The predicted octanol–water partition coefficient (Wildman–Crippen LogP) is 8.08. The molecule has 0 amide bonds. The molecular weight excluding hydrogens is 372 g/mol. The summed E-state index contributed by atoms with van der Waals surface area (Å²) in [5, 5.41) is 3.18. The van der Waals surface area contributed by atoms with Crippen LogP contribution in [0.15, 0.2) is 30.3 Å². The summed E-state index contributed by atoms with van der Waals surface area (Å²) in [5.41, 5.74) is 6.42. The van der Waals surface area contributed by atoms with E-state index in [0.717, 1.165) is 35.5 Å². The SMILES string of the molecule is Cc1c(C23CC4CC(CC(C4)C2)C3)cc2ccccc2c1C12CC3CC(CC(C3)C1)C2. The third kappa shape index (κ3) is 2.43. The van der Waals surface area contributed by atoms with Gasteiger partial charge in [0.1, 0.15) is 0 Å². The molecule has 0 spiro atoms. The van der Waals surface area contributed by atoms with Crippen molar-refractivity contribution < 1.29 is 0 Å². The molecule has 0 nitrogen and oxygen atoms in total. The third-order valence-electron chi connectivity index (χ3n) is 11.5. The van der Waals surface area contributed by atoms with Crippen molar-refractivity contribution in [1.82, 2.24) is 0 Å². The molecule has 0 atom stereocenters. The van der Waals surface area contributed by atoms with Crippen LogP contribution in [0.3, 0.4) is 0 Å². The van der Waals surface area contributed by atoms with Crippen molar-refractivity contribution in [2.75, 3.05) is 0 Å². The lowest BCUT2D eigenvalue weighted by Gasteiger charge is -2.59. The third-order valence-corrected chi connectivity index (χ3v) is 11.5. The summed E-state index contributed by atoms with van der Waals surface area (Å²) in [6, 6.07) is 12.2. The van der Waals surface area contributed by atoms with Gasteiger partial charge in [0.2, 0.25) is 0 Å². The van der Waals surface area contributed by atoms with Crippen LogP contribution in [0.4, 0.5) is 0 Å². The van der Waals surface area contributed by atoms with E-state index in [1.807, 2.05) is 11.1 Å². The van der Waals surface area contributed by atoms with Crippen LogP contribution in [0.25, 0.3) is 10.8 Å². The first-order valence-corrected chi connectivity index (χ1v) is 13.6. The van der Waals surface area contributed by atoms with Gasteiger partial charge in [-0.05, 0) is 158 Å². The van der Waals surface area contributed by atoms with Crippen LogP contribution in [0, 0.1) is 42.4 Å². The Morgan fingerprint density at radius 3 is 1.58 bits per heavy atom. The molecule has 8 bridgehead atoms. The summed E-state index contributed by atoms with van der Waals surface area (Å²) in [6.07, 6.45) is 18.3. The minimum Gasteiger partial charge on any atom is -0.0616 e. The Balaban J connectivity index is 1.36. The van der Waals surface area contributed by atoms with E-state index in [0.29, 0.717) is 10.8 Å². The zero-order valence-corrected chi connectivity index (χ0v) is 19.3. The molecule has 0 unspecified atom stereocenters. The van der Waals surface area contributed by atoms with Gasteiger partial charge in [0, 0.05) is 0 Å². The molecule has 0 aliphatic heterocycles. The molecular formula is C31H38. The highest BCUT2D eigenvalue weighted by molar-refractivity contribution is 5.89. The summed E-state index contributed by atoms with van der Waals surface area (Å²) in [6.45, 7) is 2.58. The minimum atomic E-state index is 0.497. The molecule has 2 aromatic rings. The lowest BCUT2D eigenvalue weighted by atomic mass is 9.45. The van der Waals surface area contributed by atoms with Crippen LogP contribution in [0.5, 0.6) is 0 Å². The summed E-state index contributed by atoms with van der Waals surface area (Å²) in [7, 11) is 0. The summed E-state index contributed by atoms with van der Waals surface area (Å²) in [5.74, 6) is 6.15. The van der Waals surface area contributed by atoms with E-state index >= 15 is 0 Å². The van der Waals surface area contributed by atoms with E-state index in [4.69, 9.17) is 0 Å². The number of rotatable bonds is 2. The van der Waals surface area contributed by atoms with Gasteiger partial charge in [-0.3, -0.25) is 0 Å². The van der Waals surface area contributed by atoms with Crippen molar-refractivity contribution in [1.29, 1.82) is 0 Å². The van der Waals surface area contributed by atoms with Crippen molar-refractivity contribution in [3.05, 3.63) is 47.0 Å². The van der Waals surface area contributed by atoms with Crippen molar-refractivity contribution in [2.45, 2.75) is 94.8 Å². The standard InChI is InChI=1S/C31H38/c1-19-28(30-13-20-6-21(14-30)8-22(7-20)15-30)12-26-4-2-3-5-27(26)29(19)31-16-23-9-24(17-31)11-25(10-23)18-31/h2-5,12,20-25H,6-11,13-18H2,1H3. The Hall–Kier alpha value is -1.30. The van der Waals surface area contributed by atoms with Crippen molar-refractivity contribution in [3.8, 4) is 0 Å². The molecule has 8 fully saturated rings. The van der Waals surface area contributed by atoms with Crippen LogP contribution < -0.4 is 0 Å². The van der Waals surface area contributed by atoms with Crippen molar-refractivity contribution in [2.24, 2.45) is 35.5 Å². The van der Waals surface area contributed by atoms with Gasteiger partial charge in [-0.1, -0.05) is 30.3 Å². The van der Waals surface area contributed by atoms with Crippen LogP contribution in [-0.4, -0.2) is 0 Å². The van der Waals surface area contributed by atoms with Crippen molar-refractivity contribution >= 4 is 10.8 Å². The van der Waals surface area contributed by atoms with Gasteiger partial charge >= 0.3 is 0 Å². The van der Waals surface area contributed by atoms with Crippen LogP contribution in [-0.2, 0) is 10.8 Å². The lowest BCUT2D eigenvalue weighted by Crippen LogP contribution is -2.50. The lowest BCUT2D eigenvalue weighted by molar-refractivity contribution is -0.00841. The van der Waals surface area contributed by atoms with E-state index in [1.54, 1.807) is 54.9 Å². The molecule has 10 rings (SSSR count). The number of fused-ring (bicyclic) bond motifs is 1. The molecule has 8 saturated carbocycles. The second kappa shape index (κ2) is 5.98. The van der Waals surface area contributed by atoms with E-state index in [1.165, 1.54) is 38.5 Å². The molecule has 8 aliphatic carbocycles. The molecule has 0 aromatic heterocycles. The van der Waals surface area contributed by atoms with Crippen LogP contribution in [0.2, 0.25) is 0 Å². The highest BCUT2D eigenvalue weighted by Crippen LogP contribution is 2.65. The normalized spacial score (nSPS) is 46.9. The van der Waals surface area contributed by atoms with Crippen molar-refractivity contribution in [3.63, 3.8) is 0 Å². The molecule has 162 valence electrons. The molecule has 2 aromatic carbocycles. The molecule has 0 heteroatoms. The molecule has 0 N–H and O–H groups in total. The Bertz CT molecular complexity index is 1000. The second-order valence-electron chi connectivity index (χ2n) is 13.5. The van der Waals surface area contributed by atoms with Gasteiger partial charge in [0.15, 0.2) is 0 Å². The first kappa shape index (κ1) is 18.2. The average Bonchev–Trinajstić information content (AvgIpc) is 2.71. The number of benzene rings is 2. The smallest absolute Gasteiger partial charge is 0.00302 e. The summed E-state index contributed by atoms with van der Waals surface area (Å²) in [4.78, 5) is 0. The quantitative estimate of drug-likeness (QED) is 0.469. The van der Waals surface area contributed by atoms with Gasteiger partial charge in [0.25, 0.3) is 0 Å². The Morgan fingerprint density at radius 1 is 0.613 bits per heavy atom. The largest absolute Gasteiger partial charge is 0.0616 e. The molecule has 0 saturated heterocycles. The Labute approximate surface area is 188 Å². The predicted molar refractivity (Wildman–Crippen MR) is 128 cm³/mol. The Morgan fingerprint density at radius 2 is 1.06 bits per heavy atom. The molecule has 0 radical (unpaired) electrons. The number of hydrogen-bond acceptors (Lipinski definition) is 0. The zero-order chi connectivity index (χ0) is 20.4. The topological polar surface area (TPSA) is 0 Å². The Kier molecular flexibility index (Phi) is 3.50. The minimum absolute atomic E-state index is 0.497.